The molecule has 0 amide bonds. The molecule has 0 spiro atoms. The van der Waals surface area contributed by atoms with Gasteiger partial charge in [-0.25, -0.2) is 0 Å². The normalized spacial score (nSPS) is 22.4. The van der Waals surface area contributed by atoms with Gasteiger partial charge in [-0.05, 0) is 15.4 Å². The first-order valence-corrected chi connectivity index (χ1v) is 13.0. The first-order valence-electron chi connectivity index (χ1n) is 9.69. The van der Waals surface area contributed by atoms with E-state index in [2.05, 4.69) is 45.0 Å². The third-order valence-electron chi connectivity index (χ3n) is 5.05. The molecule has 0 saturated carbocycles. The molecule has 0 N–H and O–H groups in total. The molecule has 0 aliphatic carbocycles. The van der Waals surface area contributed by atoms with E-state index in [-0.39, 0.29) is 17.4 Å². The minimum absolute atomic E-state index is 0.175. The maximum Gasteiger partial charge on any atom is 0.304 e. The van der Waals surface area contributed by atoms with Crippen molar-refractivity contribution in [1.29, 1.82) is 0 Å². The zero-order valence-electron chi connectivity index (χ0n) is 17.3. The maximum atomic E-state index is 12.5. The van der Waals surface area contributed by atoms with E-state index < -0.39 is 36.8 Å². The van der Waals surface area contributed by atoms with Crippen LogP contribution in [0.4, 0.5) is 0 Å². The molecule has 0 radical (unpaired) electrons. The van der Waals surface area contributed by atoms with Crippen molar-refractivity contribution < 1.29 is 22.9 Å². The number of benzene rings is 2. The Balaban J connectivity index is 1.94. The predicted molar refractivity (Wildman–Crippen MR) is 117 cm³/mol. The van der Waals surface area contributed by atoms with Crippen LogP contribution in [-0.4, -0.2) is 42.6 Å². The summed E-state index contributed by atoms with van der Waals surface area (Å²) in [5, 5.41) is 2.13. The van der Waals surface area contributed by atoms with Crippen molar-refractivity contribution in [3.63, 3.8) is 0 Å². The van der Waals surface area contributed by atoms with E-state index in [0.29, 0.717) is 0 Å². The fourth-order valence-electron chi connectivity index (χ4n) is 3.83. The van der Waals surface area contributed by atoms with Gasteiger partial charge in [-0.3, -0.25) is 9.00 Å². The minimum Gasteiger partial charge on any atom is -0.435 e. The SMILES string of the molecule is CC(=O)OC1CS(=O)C(CO[Si](c2ccccc2)(c2ccccc2)C(C)(C)C)O1. The highest BCUT2D eigenvalue weighted by Gasteiger charge is 2.51. The average molecular weight is 433 g/mol. The molecule has 5 nitrogen and oxygen atoms in total. The van der Waals surface area contributed by atoms with Gasteiger partial charge in [0.05, 0.1) is 23.2 Å². The van der Waals surface area contributed by atoms with Gasteiger partial charge in [-0.1, -0.05) is 81.4 Å². The molecule has 1 aliphatic rings. The van der Waals surface area contributed by atoms with Gasteiger partial charge in [-0.2, -0.15) is 0 Å². The van der Waals surface area contributed by atoms with Crippen molar-refractivity contribution in [1.82, 2.24) is 0 Å². The molecule has 1 aliphatic heterocycles. The van der Waals surface area contributed by atoms with Gasteiger partial charge in [0.1, 0.15) is 0 Å². The quantitative estimate of drug-likeness (QED) is 0.519. The Labute approximate surface area is 176 Å². The van der Waals surface area contributed by atoms with Crippen LogP contribution in [0.25, 0.3) is 0 Å². The standard InChI is InChI=1S/C22H28O5SSi/c1-17(23)26-20-16-28(24)21(27-20)15-25-29(22(2,3)4,18-11-7-5-8-12-18)19-13-9-6-10-14-19/h5-14,20-21H,15-16H2,1-4H3. The Morgan fingerprint density at radius 1 is 1.07 bits per heavy atom. The average Bonchev–Trinajstić information content (AvgIpc) is 3.01. The van der Waals surface area contributed by atoms with Gasteiger partial charge in [0, 0.05) is 6.92 Å². The lowest BCUT2D eigenvalue weighted by atomic mass is 10.2. The number of carbonyl (C=O) groups is 1. The largest absolute Gasteiger partial charge is 0.435 e. The Hall–Kier alpha value is -1.80. The minimum atomic E-state index is -2.72. The van der Waals surface area contributed by atoms with Crippen LogP contribution in [0.5, 0.6) is 0 Å². The molecule has 3 rings (SSSR count). The van der Waals surface area contributed by atoms with Crippen LogP contribution < -0.4 is 10.4 Å². The summed E-state index contributed by atoms with van der Waals surface area (Å²) in [7, 11) is -4.01. The molecule has 2 aromatic rings. The molecular formula is C22H28O5SSi. The van der Waals surface area contributed by atoms with E-state index in [1.165, 1.54) is 6.92 Å². The topological polar surface area (TPSA) is 61.8 Å². The number of ether oxygens (including phenoxy) is 2. The lowest BCUT2D eigenvalue weighted by Crippen LogP contribution is -2.67. The van der Waals surface area contributed by atoms with Gasteiger partial charge in [0.2, 0.25) is 6.29 Å². The van der Waals surface area contributed by atoms with E-state index in [9.17, 15) is 9.00 Å². The summed E-state index contributed by atoms with van der Waals surface area (Å²) in [5.74, 6) is -0.269. The Morgan fingerprint density at radius 3 is 2.03 bits per heavy atom. The highest BCUT2D eigenvalue weighted by atomic mass is 32.2. The molecule has 29 heavy (non-hydrogen) atoms. The Morgan fingerprint density at radius 2 is 1.59 bits per heavy atom. The molecule has 3 unspecified atom stereocenters. The van der Waals surface area contributed by atoms with Crippen LogP contribution in [0.2, 0.25) is 5.04 Å². The van der Waals surface area contributed by atoms with Gasteiger partial charge < -0.3 is 13.9 Å². The van der Waals surface area contributed by atoms with Gasteiger partial charge >= 0.3 is 5.97 Å². The molecule has 1 saturated heterocycles. The number of rotatable bonds is 6. The van der Waals surface area contributed by atoms with Crippen LogP contribution in [0, 0.1) is 0 Å². The number of hydrogen-bond acceptors (Lipinski definition) is 5. The van der Waals surface area contributed by atoms with E-state index in [1.807, 2.05) is 36.4 Å². The summed E-state index contributed by atoms with van der Waals surface area (Å²) in [5.41, 5.74) is -0.624. The van der Waals surface area contributed by atoms with Crippen molar-refractivity contribution in [3.05, 3.63) is 60.7 Å². The third kappa shape index (κ3) is 4.69. The van der Waals surface area contributed by atoms with Gasteiger partial charge in [-0.15, -0.1) is 0 Å². The third-order valence-corrected chi connectivity index (χ3v) is 11.5. The van der Waals surface area contributed by atoms with E-state index in [0.717, 1.165) is 10.4 Å². The van der Waals surface area contributed by atoms with Crippen LogP contribution in [0.15, 0.2) is 60.7 Å². The van der Waals surface area contributed by atoms with Crippen LogP contribution in [0.1, 0.15) is 27.7 Å². The summed E-state index contributed by atoms with van der Waals surface area (Å²) in [6.07, 6.45) is -0.777. The fourth-order valence-corrected chi connectivity index (χ4v) is 9.60. The first-order chi connectivity index (χ1) is 13.7. The van der Waals surface area contributed by atoms with E-state index in [4.69, 9.17) is 13.9 Å². The second-order valence-electron chi connectivity index (χ2n) is 8.13. The van der Waals surface area contributed by atoms with Gasteiger partial charge in [0.25, 0.3) is 8.32 Å². The zero-order chi connectivity index (χ0) is 21.1. The Kier molecular flexibility index (Phi) is 6.73. The van der Waals surface area contributed by atoms with Crippen molar-refractivity contribution in [2.24, 2.45) is 0 Å². The number of hydrogen-bond donors (Lipinski definition) is 0. The highest BCUT2D eigenvalue weighted by Crippen LogP contribution is 2.37. The molecular weight excluding hydrogens is 404 g/mol. The summed E-state index contributed by atoms with van der Waals surface area (Å²) in [4.78, 5) is 11.2. The van der Waals surface area contributed by atoms with Crippen molar-refractivity contribution >= 4 is 35.5 Å². The first kappa shape index (κ1) is 21.9. The molecule has 7 heteroatoms. The lowest BCUT2D eigenvalue weighted by molar-refractivity contribution is -0.171. The molecule has 2 aromatic carbocycles. The number of esters is 1. The van der Waals surface area contributed by atoms with Crippen molar-refractivity contribution in [2.75, 3.05) is 12.4 Å². The molecule has 0 bridgehead atoms. The predicted octanol–water partition coefficient (Wildman–Crippen LogP) is 2.56. The summed E-state index contributed by atoms with van der Waals surface area (Å²) < 4.78 is 30.1. The van der Waals surface area contributed by atoms with Crippen LogP contribution in [0.3, 0.4) is 0 Å². The monoisotopic (exact) mass is 432 g/mol. The molecule has 3 atom stereocenters. The summed E-state index contributed by atoms with van der Waals surface area (Å²) in [6, 6.07) is 20.5. The second kappa shape index (κ2) is 8.91. The fraction of sp³-hybridized carbons (Fsp3) is 0.409. The maximum absolute atomic E-state index is 12.5. The van der Waals surface area contributed by atoms with Crippen LogP contribution >= 0.6 is 0 Å². The molecule has 0 aromatic heterocycles. The Bertz CT molecular complexity index is 811. The molecule has 156 valence electrons. The smallest absolute Gasteiger partial charge is 0.304 e. The second-order valence-corrected chi connectivity index (χ2v) is 14.1. The van der Waals surface area contributed by atoms with Crippen LogP contribution in [-0.2, 0) is 29.5 Å². The van der Waals surface area contributed by atoms with E-state index in [1.54, 1.807) is 0 Å². The summed E-state index contributed by atoms with van der Waals surface area (Å²) >= 11 is 0. The molecule has 1 heterocycles. The van der Waals surface area contributed by atoms with Gasteiger partial charge in [0.15, 0.2) is 5.44 Å². The van der Waals surface area contributed by atoms with Crippen molar-refractivity contribution in [3.8, 4) is 0 Å². The lowest BCUT2D eigenvalue weighted by Gasteiger charge is -2.43. The number of carbonyl (C=O) groups excluding carboxylic acids is 1. The highest BCUT2D eigenvalue weighted by molar-refractivity contribution is 7.85. The molecule has 1 fully saturated rings. The zero-order valence-corrected chi connectivity index (χ0v) is 19.1. The van der Waals surface area contributed by atoms with E-state index >= 15 is 0 Å². The van der Waals surface area contributed by atoms with Crippen molar-refractivity contribution in [2.45, 2.75) is 44.5 Å². The summed E-state index contributed by atoms with van der Waals surface area (Å²) in [6.45, 7) is 8.06.